The first-order valence-electron chi connectivity index (χ1n) is 8.42. The van der Waals surface area contributed by atoms with Gasteiger partial charge in [0.25, 0.3) is 0 Å². The van der Waals surface area contributed by atoms with E-state index >= 15 is 0 Å². The number of nitrogens with zero attached hydrogens (tertiary/aromatic N) is 4. The maximum Gasteiger partial charge on any atom is 0.416 e. The molecule has 2 amide bonds. The first kappa shape index (κ1) is 18.4. The lowest BCUT2D eigenvalue weighted by molar-refractivity contribution is -0.133. The molecule has 0 unspecified atom stereocenters. The molecule has 138 valence electrons. The number of aliphatic hydroxyl groups excluding tert-OH is 1. The second-order valence-electron chi connectivity index (χ2n) is 6.13. The number of imide groups is 1. The first-order chi connectivity index (χ1) is 13.1. The van der Waals surface area contributed by atoms with Crippen molar-refractivity contribution in [2.24, 2.45) is 5.11 Å². The highest BCUT2D eigenvalue weighted by Gasteiger charge is 2.42. The minimum absolute atomic E-state index is 0.0455. The largest absolute Gasteiger partial charge is 0.447 e. The Kier molecular flexibility index (Phi) is 5.71. The summed E-state index contributed by atoms with van der Waals surface area (Å²) in [6, 6.07) is 15.7. The van der Waals surface area contributed by atoms with E-state index in [-0.39, 0.29) is 6.61 Å². The molecule has 1 aliphatic rings. The summed E-state index contributed by atoms with van der Waals surface area (Å²) in [7, 11) is 0. The Morgan fingerprint density at radius 2 is 1.85 bits per heavy atom. The standard InChI is InChI=1S/C19H18N4O4/c20-22-21-16(17(24)14-9-5-2-6-10-14)18(25)23-15(12-27-19(23)26)11-13-7-3-1-4-8-13/h1-10,15-17,24H,11-12H2/t15-,16+,17+/m1/s1. The number of aliphatic hydroxyl groups is 1. The summed E-state index contributed by atoms with van der Waals surface area (Å²) in [6.07, 6.45) is -1.78. The highest BCUT2D eigenvalue weighted by molar-refractivity contribution is 5.97. The average molecular weight is 366 g/mol. The van der Waals surface area contributed by atoms with Crippen LogP contribution in [0.4, 0.5) is 4.79 Å². The molecule has 1 fully saturated rings. The molecule has 2 aromatic carbocycles. The summed E-state index contributed by atoms with van der Waals surface area (Å²) in [5.41, 5.74) is 10.2. The summed E-state index contributed by atoms with van der Waals surface area (Å²) in [4.78, 5) is 28.7. The second kappa shape index (κ2) is 8.35. The van der Waals surface area contributed by atoms with Crippen LogP contribution in [-0.2, 0) is 16.0 Å². The molecule has 1 heterocycles. The van der Waals surface area contributed by atoms with Crippen LogP contribution in [0, 0.1) is 0 Å². The van der Waals surface area contributed by atoms with E-state index in [1.165, 1.54) is 0 Å². The molecule has 0 aliphatic carbocycles. The molecule has 1 N–H and O–H groups in total. The van der Waals surface area contributed by atoms with Crippen LogP contribution in [0.3, 0.4) is 0 Å². The number of hydrogen-bond acceptors (Lipinski definition) is 5. The van der Waals surface area contributed by atoms with E-state index in [2.05, 4.69) is 10.0 Å². The van der Waals surface area contributed by atoms with Gasteiger partial charge < -0.3 is 9.84 Å². The quantitative estimate of drug-likeness (QED) is 0.480. The zero-order chi connectivity index (χ0) is 19.2. The number of ether oxygens (including phenoxy) is 1. The van der Waals surface area contributed by atoms with Crippen LogP contribution in [-0.4, -0.2) is 40.7 Å². The minimum Gasteiger partial charge on any atom is -0.447 e. The molecule has 0 aromatic heterocycles. The average Bonchev–Trinajstić information content (AvgIpc) is 3.06. The number of carbonyl (C=O) groups excluding carboxylic acids is 2. The summed E-state index contributed by atoms with van der Waals surface area (Å²) in [5, 5.41) is 14.0. The van der Waals surface area contributed by atoms with Crippen molar-refractivity contribution >= 4 is 12.0 Å². The zero-order valence-electron chi connectivity index (χ0n) is 14.4. The lowest BCUT2D eigenvalue weighted by Gasteiger charge is -2.25. The van der Waals surface area contributed by atoms with Crippen molar-refractivity contribution < 1.29 is 19.4 Å². The van der Waals surface area contributed by atoms with E-state index in [0.717, 1.165) is 10.5 Å². The van der Waals surface area contributed by atoms with Gasteiger partial charge >= 0.3 is 6.09 Å². The fourth-order valence-electron chi connectivity index (χ4n) is 3.05. The Labute approximate surface area is 155 Å². The van der Waals surface area contributed by atoms with Crippen LogP contribution in [0.15, 0.2) is 65.8 Å². The third kappa shape index (κ3) is 4.08. The van der Waals surface area contributed by atoms with Gasteiger partial charge in [-0.2, -0.15) is 0 Å². The maximum atomic E-state index is 13.0. The molecular formula is C19H18N4O4. The molecule has 0 radical (unpaired) electrons. The lowest BCUT2D eigenvalue weighted by Crippen LogP contribution is -2.46. The molecule has 1 saturated heterocycles. The van der Waals surface area contributed by atoms with Crippen molar-refractivity contribution in [1.82, 2.24) is 4.90 Å². The molecule has 0 bridgehead atoms. The van der Waals surface area contributed by atoms with E-state index < -0.39 is 30.2 Å². The van der Waals surface area contributed by atoms with Crippen molar-refractivity contribution in [3.8, 4) is 0 Å². The van der Waals surface area contributed by atoms with Gasteiger partial charge in [0.15, 0.2) is 0 Å². The highest BCUT2D eigenvalue weighted by Crippen LogP contribution is 2.25. The molecule has 1 aliphatic heterocycles. The van der Waals surface area contributed by atoms with Gasteiger partial charge in [0.2, 0.25) is 5.91 Å². The second-order valence-corrected chi connectivity index (χ2v) is 6.13. The van der Waals surface area contributed by atoms with Gasteiger partial charge in [0.05, 0.1) is 12.1 Å². The highest BCUT2D eigenvalue weighted by atomic mass is 16.6. The predicted octanol–water partition coefficient (Wildman–Crippen LogP) is 2.99. The number of rotatable bonds is 6. The van der Waals surface area contributed by atoms with Crippen LogP contribution < -0.4 is 0 Å². The zero-order valence-corrected chi connectivity index (χ0v) is 14.4. The van der Waals surface area contributed by atoms with Crippen LogP contribution in [0.2, 0.25) is 0 Å². The number of amides is 2. The van der Waals surface area contributed by atoms with Crippen molar-refractivity contribution in [2.45, 2.75) is 24.6 Å². The molecule has 8 heteroatoms. The van der Waals surface area contributed by atoms with E-state index in [0.29, 0.717) is 12.0 Å². The third-order valence-corrected chi connectivity index (χ3v) is 4.38. The van der Waals surface area contributed by atoms with Gasteiger partial charge in [-0.15, -0.1) is 0 Å². The third-order valence-electron chi connectivity index (χ3n) is 4.38. The Balaban J connectivity index is 1.85. The van der Waals surface area contributed by atoms with Gasteiger partial charge in [-0.05, 0) is 23.1 Å². The Morgan fingerprint density at radius 1 is 1.22 bits per heavy atom. The Morgan fingerprint density at radius 3 is 2.48 bits per heavy atom. The molecule has 0 saturated carbocycles. The van der Waals surface area contributed by atoms with E-state index in [9.17, 15) is 14.7 Å². The topological polar surface area (TPSA) is 116 Å². The number of benzene rings is 2. The van der Waals surface area contributed by atoms with Crippen LogP contribution in [0.25, 0.3) is 10.4 Å². The van der Waals surface area contributed by atoms with Crippen molar-refractivity contribution in [3.63, 3.8) is 0 Å². The fourth-order valence-corrected chi connectivity index (χ4v) is 3.05. The maximum absolute atomic E-state index is 13.0. The number of hydrogen-bond donors (Lipinski definition) is 1. The first-order valence-corrected chi connectivity index (χ1v) is 8.42. The van der Waals surface area contributed by atoms with Crippen LogP contribution >= 0.6 is 0 Å². The molecule has 3 rings (SSSR count). The molecule has 3 atom stereocenters. The predicted molar refractivity (Wildman–Crippen MR) is 96.5 cm³/mol. The molecular weight excluding hydrogens is 348 g/mol. The van der Waals surface area contributed by atoms with Gasteiger partial charge in [0.1, 0.15) is 12.6 Å². The van der Waals surface area contributed by atoms with Gasteiger partial charge in [0, 0.05) is 4.91 Å². The Hall–Kier alpha value is -3.35. The van der Waals surface area contributed by atoms with Gasteiger partial charge in [-0.25, -0.2) is 9.69 Å². The van der Waals surface area contributed by atoms with Gasteiger partial charge in [-0.3, -0.25) is 4.79 Å². The lowest BCUT2D eigenvalue weighted by atomic mass is 10.0. The van der Waals surface area contributed by atoms with Crippen LogP contribution in [0.5, 0.6) is 0 Å². The summed E-state index contributed by atoms with van der Waals surface area (Å²) < 4.78 is 5.03. The summed E-state index contributed by atoms with van der Waals surface area (Å²) >= 11 is 0. The number of azide groups is 1. The molecule has 27 heavy (non-hydrogen) atoms. The Bertz CT molecular complexity index is 853. The van der Waals surface area contributed by atoms with Crippen molar-refractivity contribution in [1.29, 1.82) is 0 Å². The van der Waals surface area contributed by atoms with Crippen molar-refractivity contribution in [2.75, 3.05) is 6.61 Å². The van der Waals surface area contributed by atoms with E-state index in [4.69, 9.17) is 10.3 Å². The summed E-state index contributed by atoms with van der Waals surface area (Å²) in [5.74, 6) is -0.785. The van der Waals surface area contributed by atoms with Crippen molar-refractivity contribution in [3.05, 3.63) is 82.2 Å². The van der Waals surface area contributed by atoms with Gasteiger partial charge in [-0.1, -0.05) is 65.8 Å². The molecule has 0 spiro atoms. The normalized spacial score (nSPS) is 18.3. The summed E-state index contributed by atoms with van der Waals surface area (Å²) in [6.45, 7) is 0.0455. The number of cyclic esters (lactones) is 1. The fraction of sp³-hybridized carbons (Fsp3) is 0.263. The number of carbonyl (C=O) groups is 2. The van der Waals surface area contributed by atoms with E-state index in [1.807, 2.05) is 30.3 Å². The van der Waals surface area contributed by atoms with E-state index in [1.54, 1.807) is 30.3 Å². The monoisotopic (exact) mass is 366 g/mol. The SMILES string of the molecule is [N-]=[N+]=N[C@H](C(=O)N1C(=O)OC[C@H]1Cc1ccccc1)[C@@H](O)c1ccccc1. The smallest absolute Gasteiger partial charge is 0.416 e. The minimum atomic E-state index is -1.47. The van der Waals surface area contributed by atoms with Crippen LogP contribution in [0.1, 0.15) is 17.2 Å². The molecule has 8 nitrogen and oxygen atoms in total. The molecule has 2 aromatic rings.